The van der Waals surface area contributed by atoms with Crippen LogP contribution in [0.4, 0.5) is 0 Å². The standard InChI is InChI=1S/C29H45NO5S.C2H6/c1-17-21-9-13-29(5)22-8-12-27(3)11-7-19(30-36(6,33)34)15-23(27)20(22)16-24(32)26(29)28(21,4)14-10-25(17)35-18(2)31;1-2/h16-17,19,21-23,25-26,30H,7-15H2,1-6H3;1-2H3. The summed E-state index contributed by atoms with van der Waals surface area (Å²) in [6.07, 6.45) is 12.0. The van der Waals surface area contributed by atoms with E-state index in [0.29, 0.717) is 11.8 Å². The number of hydrogen-bond donors (Lipinski definition) is 1. The van der Waals surface area contributed by atoms with E-state index in [4.69, 9.17) is 4.74 Å². The molecule has 5 aliphatic carbocycles. The maximum Gasteiger partial charge on any atom is 0.302 e. The van der Waals surface area contributed by atoms with Gasteiger partial charge in [0.15, 0.2) is 5.78 Å². The predicted octanol–water partition coefficient (Wildman–Crippen LogP) is 6.06. The van der Waals surface area contributed by atoms with Crippen LogP contribution in [0.15, 0.2) is 11.6 Å². The molecule has 38 heavy (non-hydrogen) atoms. The molecule has 0 spiro atoms. The van der Waals surface area contributed by atoms with E-state index >= 15 is 0 Å². The second kappa shape index (κ2) is 10.3. The van der Waals surface area contributed by atoms with E-state index in [0.717, 1.165) is 57.8 Å². The van der Waals surface area contributed by atoms with E-state index < -0.39 is 10.0 Å². The third kappa shape index (κ3) is 4.93. The van der Waals surface area contributed by atoms with Gasteiger partial charge in [-0.05, 0) is 104 Å². The molecule has 0 aromatic rings. The normalized spacial score (nSPS) is 46.2. The van der Waals surface area contributed by atoms with Gasteiger partial charge in [-0.1, -0.05) is 47.1 Å². The third-order valence-electron chi connectivity index (χ3n) is 11.7. The smallest absolute Gasteiger partial charge is 0.302 e. The molecule has 4 fully saturated rings. The molecule has 7 heteroatoms. The first-order valence-corrected chi connectivity index (χ1v) is 17.0. The summed E-state index contributed by atoms with van der Waals surface area (Å²) in [5.74, 6) is 1.35. The van der Waals surface area contributed by atoms with Gasteiger partial charge >= 0.3 is 5.97 Å². The van der Waals surface area contributed by atoms with Crippen molar-refractivity contribution in [1.82, 2.24) is 4.72 Å². The van der Waals surface area contributed by atoms with Gasteiger partial charge in [0.1, 0.15) is 6.10 Å². The Kier molecular flexibility index (Phi) is 8.08. The Morgan fingerprint density at radius 2 is 1.61 bits per heavy atom. The maximum absolute atomic E-state index is 14.1. The fraction of sp³-hybridized carbons (Fsp3) is 0.871. The van der Waals surface area contributed by atoms with Crippen molar-refractivity contribution in [3.8, 4) is 0 Å². The number of sulfonamides is 1. The third-order valence-corrected chi connectivity index (χ3v) is 12.4. The van der Waals surface area contributed by atoms with Gasteiger partial charge in [0.05, 0.1) is 6.26 Å². The molecule has 5 rings (SSSR count). The molecular formula is C31H51NO5S. The van der Waals surface area contributed by atoms with Crippen LogP contribution in [0.1, 0.15) is 106 Å². The highest BCUT2D eigenvalue weighted by molar-refractivity contribution is 7.88. The van der Waals surface area contributed by atoms with E-state index in [1.807, 2.05) is 19.9 Å². The topological polar surface area (TPSA) is 89.5 Å². The molecule has 6 nitrogen and oxygen atoms in total. The molecule has 0 aromatic heterocycles. The van der Waals surface area contributed by atoms with Gasteiger partial charge in [-0.2, -0.15) is 0 Å². The number of allylic oxidation sites excluding steroid dienone is 2. The van der Waals surface area contributed by atoms with Crippen LogP contribution in [0.25, 0.3) is 0 Å². The number of ether oxygens (including phenoxy) is 1. The largest absolute Gasteiger partial charge is 0.462 e. The lowest BCUT2D eigenvalue weighted by Gasteiger charge is -2.65. The summed E-state index contributed by atoms with van der Waals surface area (Å²) in [4.78, 5) is 25.8. The van der Waals surface area contributed by atoms with E-state index in [2.05, 4.69) is 32.4 Å². The summed E-state index contributed by atoms with van der Waals surface area (Å²) in [6, 6.07) is -0.0518. The van der Waals surface area contributed by atoms with Crippen molar-refractivity contribution in [3.05, 3.63) is 11.6 Å². The quantitative estimate of drug-likeness (QED) is 0.433. The van der Waals surface area contributed by atoms with Crippen molar-refractivity contribution >= 4 is 21.8 Å². The minimum Gasteiger partial charge on any atom is -0.462 e. The Balaban J connectivity index is 0.00000164. The number of carbonyl (C=O) groups excluding carboxylic acids is 2. The molecular weight excluding hydrogens is 498 g/mol. The van der Waals surface area contributed by atoms with E-state index in [-0.39, 0.29) is 57.9 Å². The van der Waals surface area contributed by atoms with Crippen molar-refractivity contribution < 1.29 is 22.7 Å². The van der Waals surface area contributed by atoms with Gasteiger partial charge in [-0.3, -0.25) is 9.59 Å². The molecule has 1 N–H and O–H groups in total. The lowest BCUT2D eigenvalue weighted by atomic mass is 9.38. The Labute approximate surface area is 231 Å². The van der Waals surface area contributed by atoms with Crippen LogP contribution in [-0.4, -0.2) is 38.6 Å². The molecule has 0 bridgehead atoms. The SMILES string of the molecule is CC.CC(=O)OC1CCC2(C)C(CCC3(C)C4CCC5(C)CCC(NS(C)(=O)=O)CC5C4=CC(=O)C32)C1C. The summed E-state index contributed by atoms with van der Waals surface area (Å²) in [6.45, 7) is 14.8. The highest BCUT2D eigenvalue weighted by Crippen LogP contribution is 2.69. The molecule has 0 radical (unpaired) electrons. The van der Waals surface area contributed by atoms with Gasteiger partial charge in [-0.15, -0.1) is 0 Å². The second-order valence-electron chi connectivity index (χ2n) is 13.8. The van der Waals surface area contributed by atoms with Gasteiger partial charge < -0.3 is 4.74 Å². The number of ketones is 1. The molecule has 0 aromatic carbocycles. The van der Waals surface area contributed by atoms with Gasteiger partial charge in [-0.25, -0.2) is 13.1 Å². The molecule has 5 aliphatic rings. The minimum atomic E-state index is -3.26. The Bertz CT molecular complexity index is 1080. The fourth-order valence-electron chi connectivity index (χ4n) is 10.1. The van der Waals surface area contributed by atoms with Crippen LogP contribution in [0.3, 0.4) is 0 Å². The van der Waals surface area contributed by atoms with Gasteiger partial charge in [0.25, 0.3) is 0 Å². The fourth-order valence-corrected chi connectivity index (χ4v) is 11.0. The number of esters is 1. The number of nitrogens with one attached hydrogen (secondary N) is 1. The first-order valence-electron chi connectivity index (χ1n) is 15.1. The van der Waals surface area contributed by atoms with Crippen molar-refractivity contribution in [2.24, 2.45) is 45.8 Å². The Hall–Kier alpha value is -1.21. The average Bonchev–Trinajstić information content (AvgIpc) is 2.81. The summed E-state index contributed by atoms with van der Waals surface area (Å²) in [7, 11) is -3.26. The van der Waals surface area contributed by atoms with Gasteiger partial charge in [0.2, 0.25) is 10.0 Å². The number of carbonyl (C=O) groups is 2. The van der Waals surface area contributed by atoms with Crippen LogP contribution >= 0.6 is 0 Å². The molecule has 0 amide bonds. The highest BCUT2D eigenvalue weighted by Gasteiger charge is 2.65. The zero-order chi connectivity index (χ0) is 28.3. The predicted molar refractivity (Wildman–Crippen MR) is 151 cm³/mol. The molecule has 4 saturated carbocycles. The monoisotopic (exact) mass is 549 g/mol. The first-order chi connectivity index (χ1) is 17.7. The second-order valence-corrected chi connectivity index (χ2v) is 15.6. The number of hydrogen-bond acceptors (Lipinski definition) is 5. The summed E-state index contributed by atoms with van der Waals surface area (Å²) in [5, 5.41) is 0. The molecule has 216 valence electrons. The maximum atomic E-state index is 14.1. The molecule has 0 aliphatic heterocycles. The van der Waals surface area contributed by atoms with Crippen LogP contribution in [0, 0.1) is 45.8 Å². The molecule has 10 unspecified atom stereocenters. The Morgan fingerprint density at radius 3 is 2.24 bits per heavy atom. The van der Waals surface area contributed by atoms with E-state index in [1.54, 1.807) is 0 Å². The van der Waals surface area contributed by atoms with Crippen LogP contribution < -0.4 is 4.72 Å². The first kappa shape index (κ1) is 29.8. The van der Waals surface area contributed by atoms with Crippen LogP contribution in [-0.2, 0) is 24.3 Å². The van der Waals surface area contributed by atoms with Crippen molar-refractivity contribution in [2.45, 2.75) is 118 Å². The van der Waals surface area contributed by atoms with Crippen LogP contribution in [0.5, 0.6) is 0 Å². The highest BCUT2D eigenvalue weighted by atomic mass is 32.2. The van der Waals surface area contributed by atoms with Crippen molar-refractivity contribution in [1.29, 1.82) is 0 Å². The van der Waals surface area contributed by atoms with E-state index in [1.165, 1.54) is 18.8 Å². The summed E-state index contributed by atoms with van der Waals surface area (Å²) >= 11 is 0. The minimum absolute atomic E-state index is 0.00360. The summed E-state index contributed by atoms with van der Waals surface area (Å²) in [5.41, 5.74) is 1.30. The molecule has 10 atom stereocenters. The zero-order valence-electron chi connectivity index (χ0n) is 24.9. The summed E-state index contributed by atoms with van der Waals surface area (Å²) < 4.78 is 32.5. The lowest BCUT2D eigenvalue weighted by molar-refractivity contribution is -0.180. The van der Waals surface area contributed by atoms with Crippen molar-refractivity contribution in [3.63, 3.8) is 0 Å². The lowest BCUT2D eigenvalue weighted by Crippen LogP contribution is -2.62. The molecule has 0 heterocycles. The average molecular weight is 550 g/mol. The molecule has 0 saturated heterocycles. The van der Waals surface area contributed by atoms with E-state index in [9.17, 15) is 18.0 Å². The van der Waals surface area contributed by atoms with Crippen molar-refractivity contribution in [2.75, 3.05) is 6.26 Å². The number of fused-ring (bicyclic) bond motifs is 7. The Morgan fingerprint density at radius 1 is 0.974 bits per heavy atom. The number of rotatable bonds is 3. The van der Waals surface area contributed by atoms with Crippen LogP contribution in [0.2, 0.25) is 0 Å². The zero-order valence-corrected chi connectivity index (χ0v) is 25.7. The van der Waals surface area contributed by atoms with Gasteiger partial charge in [0, 0.05) is 18.9 Å².